The Kier molecular flexibility index (Phi) is 6.54. The van der Waals surface area contributed by atoms with E-state index in [0.717, 1.165) is 38.1 Å². The Balaban J connectivity index is 1.97. The molecule has 1 aliphatic rings. The van der Waals surface area contributed by atoms with Crippen LogP contribution in [0, 0.1) is 5.92 Å². The lowest BCUT2D eigenvalue weighted by Crippen LogP contribution is -2.33. The molecule has 0 aromatic heterocycles. The zero-order valence-corrected chi connectivity index (χ0v) is 12.4. The minimum absolute atomic E-state index is 0.0134. The highest BCUT2D eigenvalue weighted by atomic mass is 19.3. The van der Waals surface area contributed by atoms with Crippen LogP contribution >= 0.6 is 0 Å². The van der Waals surface area contributed by atoms with E-state index in [1.54, 1.807) is 19.2 Å². The summed E-state index contributed by atoms with van der Waals surface area (Å²) in [6.07, 6.45) is -0.304. The van der Waals surface area contributed by atoms with E-state index in [9.17, 15) is 8.78 Å². The summed E-state index contributed by atoms with van der Waals surface area (Å²) in [6.45, 7) is 3.08. The molecule has 0 aliphatic carbocycles. The van der Waals surface area contributed by atoms with Crippen LogP contribution in [0.2, 0.25) is 0 Å². The average Bonchev–Trinajstić information content (AvgIpc) is 2.52. The van der Waals surface area contributed by atoms with Gasteiger partial charge < -0.3 is 14.8 Å². The number of halogens is 2. The van der Waals surface area contributed by atoms with Gasteiger partial charge in [0.2, 0.25) is 0 Å². The maximum atomic E-state index is 12.6. The van der Waals surface area contributed by atoms with E-state index in [0.29, 0.717) is 12.5 Å². The molecular formula is C16H23F2NO2. The third kappa shape index (κ3) is 4.73. The van der Waals surface area contributed by atoms with Crippen LogP contribution in [0.15, 0.2) is 24.3 Å². The Hall–Kier alpha value is -1.04. The van der Waals surface area contributed by atoms with Gasteiger partial charge in [-0.1, -0.05) is 24.3 Å². The predicted molar refractivity (Wildman–Crippen MR) is 77.6 cm³/mol. The highest BCUT2D eigenvalue weighted by molar-refractivity contribution is 5.25. The van der Waals surface area contributed by atoms with Gasteiger partial charge in [-0.2, -0.15) is 0 Å². The number of alkyl halides is 2. The fourth-order valence-corrected chi connectivity index (χ4v) is 2.71. The lowest BCUT2D eigenvalue weighted by Gasteiger charge is -2.32. The van der Waals surface area contributed by atoms with Crippen molar-refractivity contribution in [3.63, 3.8) is 0 Å². The first kappa shape index (κ1) is 16.3. The normalized spacial score (nSPS) is 22.7. The van der Waals surface area contributed by atoms with Gasteiger partial charge in [0.15, 0.2) is 0 Å². The van der Waals surface area contributed by atoms with Crippen molar-refractivity contribution >= 4 is 0 Å². The van der Waals surface area contributed by atoms with Gasteiger partial charge in [-0.3, -0.25) is 0 Å². The molecule has 0 radical (unpaired) electrons. The molecule has 2 unspecified atom stereocenters. The third-order valence-corrected chi connectivity index (χ3v) is 3.85. The number of hydrogen-bond donors (Lipinski definition) is 1. The first-order valence-electron chi connectivity index (χ1n) is 7.41. The largest absolute Gasteiger partial charge is 0.383 e. The second kappa shape index (κ2) is 8.41. The van der Waals surface area contributed by atoms with E-state index < -0.39 is 6.43 Å². The number of rotatable bonds is 7. The van der Waals surface area contributed by atoms with Gasteiger partial charge in [-0.25, -0.2) is 8.78 Å². The van der Waals surface area contributed by atoms with E-state index in [1.807, 2.05) is 0 Å². The predicted octanol–water partition coefficient (Wildman–Crippen LogP) is 3.33. The minimum atomic E-state index is -2.42. The number of hydrogen-bond acceptors (Lipinski definition) is 3. The van der Waals surface area contributed by atoms with E-state index in [4.69, 9.17) is 9.47 Å². The van der Waals surface area contributed by atoms with Crippen LogP contribution < -0.4 is 5.32 Å². The van der Waals surface area contributed by atoms with E-state index >= 15 is 0 Å². The molecule has 5 heteroatoms. The molecule has 2 atom stereocenters. The SMILES string of the molecule is COCCNCC1CCCOC1c1ccc(C(F)F)cc1. The molecule has 0 amide bonds. The maximum Gasteiger partial charge on any atom is 0.263 e. The highest BCUT2D eigenvalue weighted by Gasteiger charge is 2.27. The molecule has 1 aromatic rings. The Morgan fingerprint density at radius 2 is 2.10 bits per heavy atom. The summed E-state index contributed by atoms with van der Waals surface area (Å²) in [5.74, 6) is 0.369. The summed E-state index contributed by atoms with van der Waals surface area (Å²) in [5, 5.41) is 3.36. The van der Waals surface area contributed by atoms with Gasteiger partial charge in [0.1, 0.15) is 0 Å². The summed E-state index contributed by atoms with van der Waals surface area (Å²) in [6, 6.07) is 6.51. The summed E-state index contributed by atoms with van der Waals surface area (Å²) in [4.78, 5) is 0. The third-order valence-electron chi connectivity index (χ3n) is 3.85. The lowest BCUT2D eigenvalue weighted by atomic mass is 9.89. The van der Waals surface area contributed by atoms with Crippen molar-refractivity contribution in [1.29, 1.82) is 0 Å². The van der Waals surface area contributed by atoms with Gasteiger partial charge in [-0.05, 0) is 18.4 Å². The molecule has 1 fully saturated rings. The number of benzene rings is 1. The molecule has 1 aromatic carbocycles. The second-order valence-electron chi connectivity index (χ2n) is 5.36. The maximum absolute atomic E-state index is 12.6. The summed E-state index contributed by atoms with van der Waals surface area (Å²) < 4.78 is 36.1. The number of methoxy groups -OCH3 is 1. The van der Waals surface area contributed by atoms with Crippen LogP contribution in [0.1, 0.15) is 36.5 Å². The van der Waals surface area contributed by atoms with Crippen molar-refractivity contribution in [2.45, 2.75) is 25.4 Å². The molecule has 0 saturated carbocycles. The Morgan fingerprint density at radius 1 is 1.33 bits per heavy atom. The van der Waals surface area contributed by atoms with Crippen molar-refractivity contribution in [1.82, 2.24) is 5.32 Å². The second-order valence-corrected chi connectivity index (χ2v) is 5.36. The molecule has 1 N–H and O–H groups in total. The van der Waals surface area contributed by atoms with Crippen LogP contribution in [0.5, 0.6) is 0 Å². The fraction of sp³-hybridized carbons (Fsp3) is 0.625. The summed E-state index contributed by atoms with van der Waals surface area (Å²) >= 11 is 0. The van der Waals surface area contributed by atoms with Crippen molar-refractivity contribution in [2.75, 3.05) is 33.4 Å². The van der Waals surface area contributed by atoms with Gasteiger partial charge in [0.05, 0.1) is 12.7 Å². The van der Waals surface area contributed by atoms with Crippen LogP contribution in [0.4, 0.5) is 8.78 Å². The fourth-order valence-electron chi connectivity index (χ4n) is 2.71. The van der Waals surface area contributed by atoms with Crippen LogP contribution in [-0.4, -0.2) is 33.4 Å². The zero-order valence-electron chi connectivity index (χ0n) is 12.4. The summed E-state index contributed by atoms with van der Waals surface area (Å²) in [5.41, 5.74) is 1.04. The Morgan fingerprint density at radius 3 is 2.76 bits per heavy atom. The van der Waals surface area contributed by atoms with Crippen LogP contribution in [-0.2, 0) is 9.47 Å². The van der Waals surface area contributed by atoms with Gasteiger partial charge in [0, 0.05) is 38.3 Å². The topological polar surface area (TPSA) is 30.5 Å². The van der Waals surface area contributed by atoms with Gasteiger partial charge in [-0.15, -0.1) is 0 Å². The first-order valence-corrected chi connectivity index (χ1v) is 7.41. The molecule has 0 spiro atoms. The molecule has 0 bridgehead atoms. The zero-order chi connectivity index (χ0) is 15.1. The first-order chi connectivity index (χ1) is 10.2. The number of ether oxygens (including phenoxy) is 2. The van der Waals surface area contributed by atoms with E-state index in [2.05, 4.69) is 5.32 Å². The molecule has 1 aliphatic heterocycles. The van der Waals surface area contributed by atoms with Gasteiger partial charge in [0.25, 0.3) is 6.43 Å². The van der Waals surface area contributed by atoms with Crippen molar-refractivity contribution in [3.8, 4) is 0 Å². The smallest absolute Gasteiger partial charge is 0.263 e. The molecule has 118 valence electrons. The lowest BCUT2D eigenvalue weighted by molar-refractivity contribution is -0.0280. The Labute approximate surface area is 124 Å². The van der Waals surface area contributed by atoms with Crippen molar-refractivity contribution < 1.29 is 18.3 Å². The number of nitrogens with one attached hydrogen (secondary N) is 1. The molecule has 3 nitrogen and oxygen atoms in total. The van der Waals surface area contributed by atoms with Crippen LogP contribution in [0.25, 0.3) is 0 Å². The van der Waals surface area contributed by atoms with Gasteiger partial charge >= 0.3 is 0 Å². The molecule has 21 heavy (non-hydrogen) atoms. The van der Waals surface area contributed by atoms with Crippen molar-refractivity contribution in [2.24, 2.45) is 5.92 Å². The van der Waals surface area contributed by atoms with E-state index in [1.165, 1.54) is 12.1 Å². The molecule has 2 rings (SSSR count). The minimum Gasteiger partial charge on any atom is -0.383 e. The van der Waals surface area contributed by atoms with E-state index in [-0.39, 0.29) is 11.7 Å². The Bertz CT molecular complexity index is 411. The standard InChI is InChI=1S/C16H23F2NO2/c1-20-10-8-19-11-14-3-2-9-21-15(14)12-4-6-13(7-5-12)16(17)18/h4-7,14-16,19H,2-3,8-11H2,1H3. The van der Waals surface area contributed by atoms with Crippen molar-refractivity contribution in [3.05, 3.63) is 35.4 Å². The quantitative estimate of drug-likeness (QED) is 0.783. The summed E-state index contributed by atoms with van der Waals surface area (Å²) in [7, 11) is 1.68. The monoisotopic (exact) mass is 299 g/mol. The molecule has 1 saturated heterocycles. The molecule has 1 heterocycles. The highest BCUT2D eigenvalue weighted by Crippen LogP contribution is 2.34. The molecular weight excluding hydrogens is 276 g/mol. The average molecular weight is 299 g/mol. The van der Waals surface area contributed by atoms with Crippen LogP contribution in [0.3, 0.4) is 0 Å².